The van der Waals surface area contributed by atoms with Crippen LogP contribution in [0.15, 0.2) is 107 Å². The smallest absolute Gasteiger partial charge is 0.283 e. The van der Waals surface area contributed by atoms with Gasteiger partial charge in [0.05, 0.1) is 23.7 Å². The van der Waals surface area contributed by atoms with Gasteiger partial charge in [0.2, 0.25) is 5.82 Å². The highest BCUT2D eigenvalue weighted by Crippen LogP contribution is 2.17. The van der Waals surface area contributed by atoms with Crippen molar-refractivity contribution in [2.75, 3.05) is 0 Å². The number of aromatic nitrogens is 2. The highest BCUT2D eigenvalue weighted by atomic mass is 16.2. The van der Waals surface area contributed by atoms with Crippen LogP contribution in [0.2, 0.25) is 0 Å². The Balaban J connectivity index is 1.50. The van der Waals surface area contributed by atoms with E-state index in [-0.39, 0.29) is 17.9 Å². The normalized spacial score (nSPS) is 11.3. The van der Waals surface area contributed by atoms with Gasteiger partial charge in [-0.15, -0.1) is 0 Å². The molecule has 0 saturated carbocycles. The summed E-state index contributed by atoms with van der Waals surface area (Å²) >= 11 is 0. The summed E-state index contributed by atoms with van der Waals surface area (Å²) in [7, 11) is 0. The summed E-state index contributed by atoms with van der Waals surface area (Å²) in [6.07, 6.45) is 1.60. The first-order chi connectivity index (χ1) is 16.2. The second-order valence-corrected chi connectivity index (χ2v) is 7.60. The van der Waals surface area contributed by atoms with Gasteiger partial charge in [0.1, 0.15) is 0 Å². The van der Waals surface area contributed by atoms with Gasteiger partial charge in [0.25, 0.3) is 5.56 Å². The van der Waals surface area contributed by atoms with Gasteiger partial charge in [-0.3, -0.25) is 14.2 Å². The van der Waals surface area contributed by atoms with E-state index in [1.165, 1.54) is 4.57 Å². The number of para-hydroxylation sites is 1. The minimum atomic E-state index is -0.551. The number of fused-ring (bicyclic) bond motifs is 2. The molecule has 1 aromatic heterocycles. The van der Waals surface area contributed by atoms with Gasteiger partial charge in [0, 0.05) is 5.56 Å². The van der Waals surface area contributed by atoms with E-state index in [1.807, 2.05) is 72.8 Å². The molecule has 0 fully saturated rings. The van der Waals surface area contributed by atoms with Crippen LogP contribution in [0, 0.1) is 0 Å². The van der Waals surface area contributed by atoms with Crippen LogP contribution in [0.3, 0.4) is 0 Å². The minimum absolute atomic E-state index is 0.0117. The van der Waals surface area contributed by atoms with Crippen LogP contribution in [0.1, 0.15) is 21.7 Å². The highest BCUT2D eigenvalue weighted by molar-refractivity contribution is 6.00. The molecule has 6 nitrogen and oxygen atoms in total. The molecule has 1 heterocycles. The maximum Gasteiger partial charge on any atom is 0.307 e. The Morgan fingerprint density at radius 3 is 2.39 bits per heavy atom. The molecule has 0 bridgehead atoms. The largest absolute Gasteiger partial charge is 0.307 e. The van der Waals surface area contributed by atoms with Crippen molar-refractivity contribution in [2.24, 2.45) is 5.10 Å². The van der Waals surface area contributed by atoms with Crippen molar-refractivity contribution in [3.8, 4) is 0 Å². The number of hydrazone groups is 1. The molecule has 0 aliphatic heterocycles. The topological polar surface area (TPSA) is 76.3 Å². The van der Waals surface area contributed by atoms with Crippen LogP contribution < -0.4 is 11.0 Å². The fourth-order valence-corrected chi connectivity index (χ4v) is 3.83. The van der Waals surface area contributed by atoms with Gasteiger partial charge in [-0.2, -0.15) is 5.10 Å². The fourth-order valence-electron chi connectivity index (χ4n) is 3.83. The lowest BCUT2D eigenvalue weighted by Crippen LogP contribution is -2.32. The summed E-state index contributed by atoms with van der Waals surface area (Å²) in [5, 5.41) is 6.72. The Morgan fingerprint density at radius 2 is 1.55 bits per heavy atom. The Bertz CT molecular complexity index is 1550. The number of hydrogen-bond donors (Lipinski definition) is 1. The number of carbonyl (C=O) groups is 1. The molecule has 0 unspecified atom stereocenters. The molecule has 33 heavy (non-hydrogen) atoms. The van der Waals surface area contributed by atoms with E-state index >= 15 is 0 Å². The van der Waals surface area contributed by atoms with Gasteiger partial charge in [-0.25, -0.2) is 10.4 Å². The first-order valence-electron chi connectivity index (χ1n) is 10.6. The van der Waals surface area contributed by atoms with E-state index in [4.69, 9.17) is 0 Å². The van der Waals surface area contributed by atoms with Crippen molar-refractivity contribution in [3.05, 3.63) is 124 Å². The van der Waals surface area contributed by atoms with Gasteiger partial charge in [0.15, 0.2) is 0 Å². The second-order valence-electron chi connectivity index (χ2n) is 7.60. The van der Waals surface area contributed by atoms with Crippen LogP contribution in [-0.2, 0) is 6.54 Å². The molecule has 160 valence electrons. The van der Waals surface area contributed by atoms with E-state index < -0.39 is 5.91 Å². The van der Waals surface area contributed by atoms with Gasteiger partial charge in [-0.05, 0) is 28.5 Å². The number of carbonyl (C=O) groups excluding carboxylic acids is 1. The summed E-state index contributed by atoms with van der Waals surface area (Å²) < 4.78 is 1.39. The zero-order valence-corrected chi connectivity index (χ0v) is 17.7. The molecule has 0 aliphatic rings. The number of amides is 1. The number of hydrogen-bond acceptors (Lipinski definition) is 4. The highest BCUT2D eigenvalue weighted by Gasteiger charge is 2.17. The molecule has 1 amide bonds. The maximum absolute atomic E-state index is 13.2. The van der Waals surface area contributed by atoms with Crippen molar-refractivity contribution in [1.29, 1.82) is 0 Å². The molecular weight excluding hydrogens is 412 g/mol. The first-order valence-corrected chi connectivity index (χ1v) is 10.6. The number of benzene rings is 4. The second kappa shape index (κ2) is 8.88. The summed E-state index contributed by atoms with van der Waals surface area (Å²) in [5.74, 6) is -0.539. The van der Waals surface area contributed by atoms with Crippen molar-refractivity contribution < 1.29 is 4.79 Å². The summed E-state index contributed by atoms with van der Waals surface area (Å²) in [5.41, 5.74) is 4.51. The number of rotatable bonds is 5. The molecule has 5 aromatic rings. The predicted octanol–water partition coefficient (Wildman–Crippen LogP) is 4.36. The average Bonchev–Trinajstić information content (AvgIpc) is 2.86. The SMILES string of the molecule is O=C(N/N=C\c1cccc2ccccc12)c1nc2ccccc2c(=O)n1Cc1ccccc1. The van der Waals surface area contributed by atoms with Gasteiger partial charge in [-0.1, -0.05) is 84.9 Å². The fraction of sp³-hybridized carbons (Fsp3) is 0.0370. The van der Waals surface area contributed by atoms with Crippen molar-refractivity contribution >= 4 is 33.8 Å². The first kappa shape index (κ1) is 20.3. The quantitative estimate of drug-likeness (QED) is 0.331. The molecule has 1 N–H and O–H groups in total. The Labute approximate surface area is 189 Å². The lowest BCUT2D eigenvalue weighted by Gasteiger charge is -2.12. The molecule has 6 heteroatoms. The van der Waals surface area contributed by atoms with E-state index in [1.54, 1.807) is 30.5 Å². The number of nitrogens with one attached hydrogen (secondary N) is 1. The maximum atomic E-state index is 13.2. The minimum Gasteiger partial charge on any atom is -0.283 e. The molecule has 5 rings (SSSR count). The zero-order chi connectivity index (χ0) is 22.6. The van der Waals surface area contributed by atoms with Crippen molar-refractivity contribution in [1.82, 2.24) is 15.0 Å². The zero-order valence-electron chi connectivity index (χ0n) is 17.7. The molecular formula is C27H20N4O2. The molecule has 0 aliphatic carbocycles. The van der Waals surface area contributed by atoms with E-state index in [0.29, 0.717) is 10.9 Å². The summed E-state index contributed by atoms with van der Waals surface area (Å²) in [4.78, 5) is 30.7. The van der Waals surface area contributed by atoms with Crippen LogP contribution in [-0.4, -0.2) is 21.7 Å². The van der Waals surface area contributed by atoms with Crippen molar-refractivity contribution in [3.63, 3.8) is 0 Å². The van der Waals surface area contributed by atoms with Crippen molar-refractivity contribution in [2.45, 2.75) is 6.54 Å². The molecule has 4 aromatic carbocycles. The third-order valence-corrected chi connectivity index (χ3v) is 5.44. The number of nitrogens with zero attached hydrogens (tertiary/aromatic N) is 3. The van der Waals surface area contributed by atoms with E-state index in [2.05, 4.69) is 15.5 Å². The van der Waals surface area contributed by atoms with E-state index in [0.717, 1.165) is 21.9 Å². The molecule has 0 radical (unpaired) electrons. The Kier molecular flexibility index (Phi) is 5.47. The summed E-state index contributed by atoms with van der Waals surface area (Å²) in [6, 6.07) is 30.3. The van der Waals surface area contributed by atoms with Crippen LogP contribution >= 0.6 is 0 Å². The van der Waals surface area contributed by atoms with Gasteiger partial charge >= 0.3 is 5.91 Å². The third kappa shape index (κ3) is 4.14. The molecule has 0 spiro atoms. The standard InChI is InChI=1S/C27H20N4O2/c32-26(30-28-17-21-13-8-12-20-11-4-5-14-22(20)21)25-29-24-16-7-6-15-23(24)27(33)31(25)18-19-9-2-1-3-10-19/h1-17H,18H2,(H,30,32)/b28-17-. The van der Waals surface area contributed by atoms with Crippen LogP contribution in [0.5, 0.6) is 0 Å². The Morgan fingerprint density at radius 1 is 0.848 bits per heavy atom. The van der Waals surface area contributed by atoms with Crippen LogP contribution in [0.4, 0.5) is 0 Å². The molecule has 0 saturated heterocycles. The Hall–Kier alpha value is -4.58. The van der Waals surface area contributed by atoms with Gasteiger partial charge < -0.3 is 0 Å². The monoisotopic (exact) mass is 432 g/mol. The van der Waals surface area contributed by atoms with E-state index in [9.17, 15) is 9.59 Å². The molecule has 0 atom stereocenters. The lowest BCUT2D eigenvalue weighted by atomic mass is 10.1. The predicted molar refractivity (Wildman–Crippen MR) is 131 cm³/mol. The summed E-state index contributed by atoms with van der Waals surface area (Å²) in [6.45, 7) is 0.229. The third-order valence-electron chi connectivity index (χ3n) is 5.44. The average molecular weight is 432 g/mol. The lowest BCUT2D eigenvalue weighted by molar-refractivity contribution is 0.0939. The van der Waals surface area contributed by atoms with Crippen LogP contribution in [0.25, 0.3) is 21.7 Å².